The molecular weight excluding hydrogens is 328 g/mol. The van der Waals surface area contributed by atoms with Crippen molar-refractivity contribution in [2.45, 2.75) is 12.8 Å². The smallest absolute Gasteiger partial charge is 0.251 e. The number of aromatic nitrogens is 1. The number of pyridine rings is 1. The van der Waals surface area contributed by atoms with Gasteiger partial charge in [0.1, 0.15) is 11.6 Å². The molecule has 140 valence electrons. The summed E-state index contributed by atoms with van der Waals surface area (Å²) in [7, 11) is 5.71. The molecule has 1 heterocycles. The van der Waals surface area contributed by atoms with Gasteiger partial charge in [0.05, 0.1) is 7.11 Å². The molecule has 0 saturated heterocycles. The zero-order chi connectivity index (χ0) is 18.8. The van der Waals surface area contributed by atoms with Crippen molar-refractivity contribution in [3.05, 3.63) is 53.7 Å². The third-order valence-electron chi connectivity index (χ3n) is 3.94. The summed E-state index contributed by atoms with van der Waals surface area (Å²) in [6.45, 7) is 2.35. The fourth-order valence-electron chi connectivity index (χ4n) is 2.53. The second kappa shape index (κ2) is 10.4. The van der Waals surface area contributed by atoms with E-state index in [-0.39, 0.29) is 5.91 Å². The van der Waals surface area contributed by atoms with Crippen LogP contribution in [0.3, 0.4) is 0 Å². The molecule has 2 rings (SSSR count). The third kappa shape index (κ3) is 6.72. The van der Waals surface area contributed by atoms with Gasteiger partial charge in [0.25, 0.3) is 5.91 Å². The van der Waals surface area contributed by atoms with Crippen LogP contribution in [0.5, 0.6) is 5.75 Å². The van der Waals surface area contributed by atoms with E-state index in [0.717, 1.165) is 31.7 Å². The average Bonchev–Trinajstić information content (AvgIpc) is 2.65. The number of anilines is 1. The Hall–Kier alpha value is -2.60. The number of carbonyl (C=O) groups excluding carboxylic acids is 1. The van der Waals surface area contributed by atoms with Crippen LogP contribution in [0.4, 0.5) is 5.82 Å². The number of rotatable bonds is 10. The topological polar surface area (TPSA) is 66.5 Å². The minimum Gasteiger partial charge on any atom is -0.497 e. The first-order valence-corrected chi connectivity index (χ1v) is 8.84. The second-order valence-electron chi connectivity index (χ2n) is 6.37. The summed E-state index contributed by atoms with van der Waals surface area (Å²) >= 11 is 0. The molecule has 2 aromatic rings. The highest BCUT2D eigenvalue weighted by atomic mass is 16.5. The molecule has 0 aliphatic rings. The summed E-state index contributed by atoms with van der Waals surface area (Å²) in [5.41, 5.74) is 1.81. The van der Waals surface area contributed by atoms with Crippen LogP contribution in [0.2, 0.25) is 0 Å². The molecule has 0 bridgehead atoms. The van der Waals surface area contributed by atoms with Gasteiger partial charge in [-0.25, -0.2) is 4.98 Å². The predicted molar refractivity (Wildman–Crippen MR) is 105 cm³/mol. The zero-order valence-corrected chi connectivity index (χ0v) is 15.8. The van der Waals surface area contributed by atoms with E-state index in [4.69, 9.17) is 4.74 Å². The Balaban J connectivity index is 1.81. The van der Waals surface area contributed by atoms with Crippen molar-refractivity contribution >= 4 is 11.7 Å². The van der Waals surface area contributed by atoms with E-state index in [1.165, 1.54) is 5.56 Å². The van der Waals surface area contributed by atoms with E-state index in [0.29, 0.717) is 17.9 Å². The van der Waals surface area contributed by atoms with Gasteiger partial charge in [0.15, 0.2) is 0 Å². The van der Waals surface area contributed by atoms with E-state index >= 15 is 0 Å². The molecule has 6 nitrogen and oxygen atoms in total. The number of hydrogen-bond acceptors (Lipinski definition) is 5. The van der Waals surface area contributed by atoms with E-state index in [1.807, 2.05) is 32.3 Å². The van der Waals surface area contributed by atoms with Gasteiger partial charge in [0.2, 0.25) is 0 Å². The van der Waals surface area contributed by atoms with Crippen LogP contribution in [-0.4, -0.2) is 56.6 Å². The van der Waals surface area contributed by atoms with Crippen molar-refractivity contribution in [2.24, 2.45) is 0 Å². The predicted octanol–water partition coefficient (Wildman–Crippen LogP) is 2.43. The van der Waals surface area contributed by atoms with Gasteiger partial charge in [-0.3, -0.25) is 4.79 Å². The first kappa shape index (κ1) is 19.7. The first-order chi connectivity index (χ1) is 12.6. The van der Waals surface area contributed by atoms with Crippen molar-refractivity contribution < 1.29 is 9.53 Å². The Morgan fingerprint density at radius 3 is 2.81 bits per heavy atom. The Morgan fingerprint density at radius 2 is 2.04 bits per heavy atom. The maximum Gasteiger partial charge on any atom is 0.251 e. The fourth-order valence-corrected chi connectivity index (χ4v) is 2.53. The summed E-state index contributed by atoms with van der Waals surface area (Å²) in [5.74, 6) is 1.49. The maximum absolute atomic E-state index is 12.2. The molecule has 0 fully saturated rings. The molecule has 1 aromatic heterocycles. The van der Waals surface area contributed by atoms with Crippen molar-refractivity contribution in [1.29, 1.82) is 0 Å². The van der Waals surface area contributed by atoms with Gasteiger partial charge < -0.3 is 20.3 Å². The van der Waals surface area contributed by atoms with Crippen molar-refractivity contribution in [1.82, 2.24) is 15.2 Å². The van der Waals surface area contributed by atoms with Gasteiger partial charge >= 0.3 is 0 Å². The number of hydrogen-bond donors (Lipinski definition) is 2. The van der Waals surface area contributed by atoms with Crippen LogP contribution in [0.1, 0.15) is 22.3 Å². The van der Waals surface area contributed by atoms with Crippen LogP contribution in [0.25, 0.3) is 0 Å². The number of nitrogens with one attached hydrogen (secondary N) is 2. The normalized spacial score (nSPS) is 10.6. The van der Waals surface area contributed by atoms with Crippen molar-refractivity contribution in [3.8, 4) is 5.75 Å². The highest BCUT2D eigenvalue weighted by molar-refractivity contribution is 5.94. The number of ether oxygens (including phenoxy) is 1. The zero-order valence-electron chi connectivity index (χ0n) is 15.8. The molecule has 26 heavy (non-hydrogen) atoms. The van der Waals surface area contributed by atoms with Gasteiger partial charge in [-0.15, -0.1) is 0 Å². The minimum atomic E-state index is -0.0676. The Bertz CT molecular complexity index is 704. The van der Waals surface area contributed by atoms with E-state index in [1.54, 1.807) is 25.4 Å². The summed E-state index contributed by atoms with van der Waals surface area (Å²) < 4.78 is 5.23. The summed E-state index contributed by atoms with van der Waals surface area (Å²) in [6.07, 6.45) is 3.43. The lowest BCUT2D eigenvalue weighted by atomic mass is 10.1. The van der Waals surface area contributed by atoms with Crippen LogP contribution in [-0.2, 0) is 6.42 Å². The van der Waals surface area contributed by atoms with Gasteiger partial charge in [-0.2, -0.15) is 0 Å². The maximum atomic E-state index is 12.2. The molecule has 1 aromatic carbocycles. The van der Waals surface area contributed by atoms with Crippen molar-refractivity contribution in [3.63, 3.8) is 0 Å². The SMILES string of the molecule is COc1cccc(CCNc2cc(C(=O)NCCCN(C)C)ccn2)c1. The van der Waals surface area contributed by atoms with Crippen LogP contribution < -0.4 is 15.4 Å². The van der Waals surface area contributed by atoms with E-state index < -0.39 is 0 Å². The van der Waals surface area contributed by atoms with E-state index in [2.05, 4.69) is 26.6 Å². The second-order valence-corrected chi connectivity index (χ2v) is 6.37. The first-order valence-electron chi connectivity index (χ1n) is 8.84. The fraction of sp³-hybridized carbons (Fsp3) is 0.400. The average molecular weight is 356 g/mol. The lowest BCUT2D eigenvalue weighted by Crippen LogP contribution is -2.27. The van der Waals surface area contributed by atoms with Gasteiger partial charge in [0, 0.05) is 24.8 Å². The molecule has 2 N–H and O–H groups in total. The number of amides is 1. The van der Waals surface area contributed by atoms with Gasteiger partial charge in [-0.05, 0) is 63.3 Å². The molecular formula is C20H28N4O2. The number of nitrogens with zero attached hydrogens (tertiary/aromatic N) is 2. The highest BCUT2D eigenvalue weighted by Crippen LogP contribution is 2.13. The number of benzene rings is 1. The monoisotopic (exact) mass is 356 g/mol. The Morgan fingerprint density at radius 1 is 1.19 bits per heavy atom. The molecule has 0 aliphatic heterocycles. The molecule has 0 unspecified atom stereocenters. The molecule has 0 spiro atoms. The molecule has 1 amide bonds. The third-order valence-corrected chi connectivity index (χ3v) is 3.94. The molecule has 0 radical (unpaired) electrons. The molecule has 6 heteroatoms. The Kier molecular flexibility index (Phi) is 7.89. The Labute approximate surface area is 155 Å². The minimum absolute atomic E-state index is 0.0676. The van der Waals surface area contributed by atoms with Crippen LogP contribution in [0, 0.1) is 0 Å². The van der Waals surface area contributed by atoms with Gasteiger partial charge in [-0.1, -0.05) is 12.1 Å². The lowest BCUT2D eigenvalue weighted by molar-refractivity contribution is 0.0952. The number of carbonyl (C=O) groups is 1. The summed E-state index contributed by atoms with van der Waals surface area (Å²) in [4.78, 5) is 18.6. The summed E-state index contributed by atoms with van der Waals surface area (Å²) in [6, 6.07) is 11.5. The quantitative estimate of drug-likeness (QED) is 0.640. The molecule has 0 saturated carbocycles. The van der Waals surface area contributed by atoms with Crippen LogP contribution in [0.15, 0.2) is 42.6 Å². The molecule has 0 atom stereocenters. The number of methoxy groups -OCH3 is 1. The van der Waals surface area contributed by atoms with Crippen molar-refractivity contribution in [2.75, 3.05) is 46.2 Å². The molecule has 0 aliphatic carbocycles. The van der Waals surface area contributed by atoms with Crippen LogP contribution >= 0.6 is 0 Å². The summed E-state index contributed by atoms with van der Waals surface area (Å²) in [5, 5.41) is 6.21. The largest absolute Gasteiger partial charge is 0.497 e. The lowest BCUT2D eigenvalue weighted by Gasteiger charge is -2.11. The van der Waals surface area contributed by atoms with E-state index in [9.17, 15) is 4.79 Å². The standard InChI is InChI=1S/C20H28N4O2/c1-24(2)13-5-10-23-20(25)17-9-12-22-19(15-17)21-11-8-16-6-4-7-18(14-16)26-3/h4,6-7,9,12,14-15H,5,8,10-11,13H2,1-3H3,(H,21,22)(H,23,25). The highest BCUT2D eigenvalue weighted by Gasteiger charge is 2.06.